The first-order chi connectivity index (χ1) is 9.79. The molecule has 1 aliphatic rings. The molecule has 106 valence electrons. The predicted molar refractivity (Wildman–Crippen MR) is 77.8 cm³/mol. The fourth-order valence-corrected chi connectivity index (χ4v) is 3.59. The summed E-state index contributed by atoms with van der Waals surface area (Å²) in [4.78, 5) is 15.8. The van der Waals surface area contributed by atoms with E-state index in [0.29, 0.717) is 5.69 Å². The van der Waals surface area contributed by atoms with Gasteiger partial charge in [-0.15, -0.1) is 11.3 Å². The molecule has 4 nitrogen and oxygen atoms in total. The number of nitrogens with zero attached hydrogens (tertiary/aromatic N) is 2. The van der Waals surface area contributed by atoms with Crippen LogP contribution in [0.3, 0.4) is 0 Å². The van der Waals surface area contributed by atoms with E-state index in [0.717, 1.165) is 38.0 Å². The van der Waals surface area contributed by atoms with E-state index in [4.69, 9.17) is 4.52 Å². The van der Waals surface area contributed by atoms with Gasteiger partial charge in [-0.2, -0.15) is 0 Å². The summed E-state index contributed by atoms with van der Waals surface area (Å²) in [5, 5.41) is 5.99. The van der Waals surface area contributed by atoms with Gasteiger partial charge in [-0.1, -0.05) is 18.1 Å². The lowest BCUT2D eigenvalue weighted by Gasteiger charge is -2.22. The summed E-state index contributed by atoms with van der Waals surface area (Å²) in [5.74, 6) is 0.787. The van der Waals surface area contributed by atoms with Crippen molar-refractivity contribution in [3.63, 3.8) is 0 Å². The van der Waals surface area contributed by atoms with Gasteiger partial charge in [0.15, 0.2) is 5.69 Å². The van der Waals surface area contributed by atoms with Gasteiger partial charge in [0, 0.05) is 23.9 Å². The minimum Gasteiger partial charge on any atom is -0.361 e. The van der Waals surface area contributed by atoms with Crippen LogP contribution in [0.5, 0.6) is 0 Å². The predicted octanol–water partition coefficient (Wildman–Crippen LogP) is 3.67. The van der Waals surface area contributed by atoms with Crippen LogP contribution in [0, 0.1) is 0 Å². The van der Waals surface area contributed by atoms with Gasteiger partial charge in [0.05, 0.1) is 6.04 Å². The van der Waals surface area contributed by atoms with Crippen molar-refractivity contribution in [1.82, 2.24) is 10.1 Å². The molecule has 3 rings (SSSR count). The number of thiophene rings is 1. The zero-order valence-corrected chi connectivity index (χ0v) is 12.4. The molecule has 0 radical (unpaired) electrons. The maximum Gasteiger partial charge on any atom is 0.276 e. The number of aromatic nitrogens is 1. The molecule has 0 spiro atoms. The number of likely N-dealkylation sites (tertiary alicyclic amines) is 1. The molecule has 0 bridgehead atoms. The standard InChI is InChI=1S/C15H18N2O2S/c1-2-5-11-10-12(16-19-11)15(18)17-8-3-6-13(17)14-7-4-9-20-14/h4,7,9-10,13H,2-3,5-6,8H2,1H3/t13-/m1/s1. The molecule has 1 fully saturated rings. The van der Waals surface area contributed by atoms with Crippen LogP contribution < -0.4 is 0 Å². The molecule has 0 saturated carbocycles. The van der Waals surface area contributed by atoms with Crippen molar-refractivity contribution >= 4 is 17.2 Å². The highest BCUT2D eigenvalue weighted by atomic mass is 32.1. The number of carbonyl (C=O) groups excluding carboxylic acids is 1. The summed E-state index contributed by atoms with van der Waals surface area (Å²) in [6.07, 6.45) is 3.90. The van der Waals surface area contributed by atoms with Crippen molar-refractivity contribution in [3.05, 3.63) is 39.9 Å². The Morgan fingerprint density at radius 2 is 2.50 bits per heavy atom. The lowest BCUT2D eigenvalue weighted by molar-refractivity contribution is 0.0727. The highest BCUT2D eigenvalue weighted by Gasteiger charge is 2.32. The normalized spacial score (nSPS) is 18.6. The quantitative estimate of drug-likeness (QED) is 0.863. The molecule has 1 atom stereocenters. The molecular formula is C15H18N2O2S. The van der Waals surface area contributed by atoms with Crippen LogP contribution in [0.2, 0.25) is 0 Å². The zero-order valence-electron chi connectivity index (χ0n) is 11.5. The molecule has 3 heterocycles. The summed E-state index contributed by atoms with van der Waals surface area (Å²) >= 11 is 1.71. The number of rotatable bonds is 4. The third-order valence-corrected chi connectivity index (χ3v) is 4.63. The Labute approximate surface area is 122 Å². The molecule has 2 aromatic rings. The van der Waals surface area contributed by atoms with Gasteiger partial charge in [0.1, 0.15) is 5.76 Å². The lowest BCUT2D eigenvalue weighted by atomic mass is 10.2. The smallest absolute Gasteiger partial charge is 0.276 e. The highest BCUT2D eigenvalue weighted by molar-refractivity contribution is 7.10. The first-order valence-electron chi connectivity index (χ1n) is 7.09. The largest absolute Gasteiger partial charge is 0.361 e. The molecule has 1 saturated heterocycles. The lowest BCUT2D eigenvalue weighted by Crippen LogP contribution is -2.30. The number of amides is 1. The second-order valence-electron chi connectivity index (χ2n) is 5.10. The zero-order chi connectivity index (χ0) is 13.9. The average molecular weight is 290 g/mol. The third kappa shape index (κ3) is 2.50. The number of aryl methyl sites for hydroxylation is 1. The summed E-state index contributed by atoms with van der Waals surface area (Å²) in [7, 11) is 0. The van der Waals surface area contributed by atoms with E-state index >= 15 is 0 Å². The van der Waals surface area contributed by atoms with Crippen molar-refractivity contribution in [2.24, 2.45) is 0 Å². The highest BCUT2D eigenvalue weighted by Crippen LogP contribution is 2.35. The van der Waals surface area contributed by atoms with E-state index in [1.54, 1.807) is 17.4 Å². The molecule has 0 aromatic carbocycles. The molecule has 1 aliphatic heterocycles. The van der Waals surface area contributed by atoms with Crippen LogP contribution in [-0.2, 0) is 6.42 Å². The Kier molecular flexibility index (Phi) is 3.87. The van der Waals surface area contributed by atoms with Gasteiger partial charge in [-0.05, 0) is 30.7 Å². The SMILES string of the molecule is CCCc1cc(C(=O)N2CCC[C@@H]2c2cccs2)no1. The second kappa shape index (κ2) is 5.79. The Morgan fingerprint density at radius 1 is 1.60 bits per heavy atom. The summed E-state index contributed by atoms with van der Waals surface area (Å²) < 4.78 is 5.22. The Hall–Kier alpha value is -1.62. The van der Waals surface area contributed by atoms with E-state index in [-0.39, 0.29) is 11.9 Å². The molecule has 0 unspecified atom stereocenters. The molecule has 1 amide bonds. The summed E-state index contributed by atoms with van der Waals surface area (Å²) in [6, 6.07) is 6.13. The van der Waals surface area contributed by atoms with Crippen molar-refractivity contribution in [3.8, 4) is 0 Å². The first-order valence-corrected chi connectivity index (χ1v) is 7.97. The average Bonchev–Trinajstić information content (AvgIpc) is 3.19. The van der Waals surface area contributed by atoms with E-state index in [9.17, 15) is 4.79 Å². The van der Waals surface area contributed by atoms with Crippen molar-refractivity contribution in [1.29, 1.82) is 0 Å². The minimum atomic E-state index is -0.00740. The van der Waals surface area contributed by atoms with Crippen LogP contribution in [0.1, 0.15) is 53.4 Å². The number of carbonyl (C=O) groups is 1. The number of hydrogen-bond acceptors (Lipinski definition) is 4. The second-order valence-corrected chi connectivity index (χ2v) is 6.08. The van der Waals surface area contributed by atoms with Crippen LogP contribution in [-0.4, -0.2) is 22.5 Å². The Bertz CT molecular complexity index is 576. The van der Waals surface area contributed by atoms with E-state index in [1.807, 2.05) is 11.0 Å². The molecule has 0 N–H and O–H groups in total. The molecule has 2 aromatic heterocycles. The molecule has 5 heteroatoms. The topological polar surface area (TPSA) is 46.3 Å². The van der Waals surface area contributed by atoms with Gasteiger partial charge < -0.3 is 9.42 Å². The van der Waals surface area contributed by atoms with E-state index in [2.05, 4.69) is 23.5 Å². The fraction of sp³-hybridized carbons (Fsp3) is 0.467. The van der Waals surface area contributed by atoms with Crippen molar-refractivity contribution in [2.75, 3.05) is 6.54 Å². The van der Waals surface area contributed by atoms with Gasteiger partial charge in [0.2, 0.25) is 0 Å². The molecule has 20 heavy (non-hydrogen) atoms. The molecule has 0 aliphatic carbocycles. The van der Waals surface area contributed by atoms with Gasteiger partial charge in [-0.25, -0.2) is 0 Å². The monoisotopic (exact) mass is 290 g/mol. The van der Waals surface area contributed by atoms with Gasteiger partial charge in [0.25, 0.3) is 5.91 Å². The molecular weight excluding hydrogens is 272 g/mol. The fourth-order valence-electron chi connectivity index (χ4n) is 2.71. The van der Waals surface area contributed by atoms with Crippen molar-refractivity contribution in [2.45, 2.75) is 38.6 Å². The number of hydrogen-bond donors (Lipinski definition) is 0. The van der Waals surface area contributed by atoms with Gasteiger partial charge >= 0.3 is 0 Å². The van der Waals surface area contributed by atoms with Gasteiger partial charge in [-0.3, -0.25) is 4.79 Å². The van der Waals surface area contributed by atoms with E-state index in [1.165, 1.54) is 4.88 Å². The van der Waals surface area contributed by atoms with Crippen LogP contribution in [0.15, 0.2) is 28.1 Å². The summed E-state index contributed by atoms with van der Waals surface area (Å²) in [5.41, 5.74) is 0.442. The Balaban J connectivity index is 1.78. The maximum atomic E-state index is 12.6. The maximum absolute atomic E-state index is 12.6. The third-order valence-electron chi connectivity index (χ3n) is 3.66. The minimum absolute atomic E-state index is 0.00740. The van der Waals surface area contributed by atoms with Crippen LogP contribution >= 0.6 is 11.3 Å². The Morgan fingerprint density at radius 3 is 3.25 bits per heavy atom. The first kappa shape index (κ1) is 13.4. The van der Waals surface area contributed by atoms with Crippen LogP contribution in [0.4, 0.5) is 0 Å². The van der Waals surface area contributed by atoms with Crippen molar-refractivity contribution < 1.29 is 9.32 Å². The van der Waals surface area contributed by atoms with E-state index < -0.39 is 0 Å². The summed E-state index contributed by atoms with van der Waals surface area (Å²) in [6.45, 7) is 2.88. The van der Waals surface area contributed by atoms with Crippen LogP contribution in [0.25, 0.3) is 0 Å².